The lowest BCUT2D eigenvalue weighted by Gasteiger charge is -2.20. The molecule has 4 heteroatoms. The second kappa shape index (κ2) is 3.43. The molecule has 1 aliphatic carbocycles. The minimum absolute atomic E-state index is 0.0951. The van der Waals surface area contributed by atoms with Gasteiger partial charge in [-0.3, -0.25) is 4.79 Å². The summed E-state index contributed by atoms with van der Waals surface area (Å²) in [6.45, 7) is 0. The minimum Gasteiger partial charge on any atom is -0.294 e. The zero-order valence-corrected chi connectivity index (χ0v) is 8.30. The molecule has 2 aliphatic rings. The van der Waals surface area contributed by atoms with Gasteiger partial charge in [0.2, 0.25) is 0 Å². The molecule has 70 valence electrons. The fourth-order valence-corrected chi connectivity index (χ4v) is 1.92. The Morgan fingerprint density at radius 3 is 3.07 bits per heavy atom. The average molecular weight is 204 g/mol. The Hall–Kier alpha value is -1.34. The molecule has 0 aromatic heterocycles. The van der Waals surface area contributed by atoms with Gasteiger partial charge >= 0.3 is 0 Å². The van der Waals surface area contributed by atoms with Crippen LogP contribution in [0.3, 0.4) is 0 Å². The lowest BCUT2D eigenvalue weighted by molar-refractivity contribution is -0.115. The third kappa shape index (κ3) is 1.40. The summed E-state index contributed by atoms with van der Waals surface area (Å²) in [4.78, 5) is 16.0. The van der Waals surface area contributed by atoms with Gasteiger partial charge < -0.3 is 0 Å². The minimum atomic E-state index is -0.495. The maximum absolute atomic E-state index is 11.5. The van der Waals surface area contributed by atoms with Crippen molar-refractivity contribution >= 4 is 28.7 Å². The van der Waals surface area contributed by atoms with Crippen molar-refractivity contribution in [1.82, 2.24) is 0 Å². The van der Waals surface area contributed by atoms with E-state index in [1.807, 2.05) is 6.07 Å². The Labute approximate surface area is 87.1 Å². The van der Waals surface area contributed by atoms with Gasteiger partial charge in [0.25, 0.3) is 0 Å². The molecule has 1 saturated carbocycles. The summed E-state index contributed by atoms with van der Waals surface area (Å²) in [7, 11) is 0. The van der Waals surface area contributed by atoms with Crippen LogP contribution < -0.4 is 0 Å². The first kappa shape index (κ1) is 9.22. The van der Waals surface area contributed by atoms with Crippen molar-refractivity contribution in [2.75, 3.05) is 0 Å². The van der Waals surface area contributed by atoms with Crippen molar-refractivity contribution in [2.24, 2.45) is 10.9 Å². The van der Waals surface area contributed by atoms with Gasteiger partial charge in [0.1, 0.15) is 10.9 Å². The van der Waals surface area contributed by atoms with E-state index in [0.717, 1.165) is 18.6 Å². The van der Waals surface area contributed by atoms with Crippen LogP contribution in [-0.4, -0.2) is 16.5 Å². The molecule has 0 amide bonds. The molecule has 0 bridgehead atoms. The number of fused-ring (bicyclic) bond motifs is 1. The number of nitrogens with zero attached hydrogens (tertiary/aromatic N) is 2. The molecule has 0 N–H and O–H groups in total. The number of carbonyl (C=O) groups excluding carboxylic acids is 1. The normalized spacial score (nSPS) is 26.1. The Bertz CT molecular complexity index is 414. The Morgan fingerprint density at radius 1 is 1.57 bits per heavy atom. The number of dihydropyridines is 1. The van der Waals surface area contributed by atoms with Crippen LogP contribution in [-0.2, 0) is 4.79 Å². The number of hydrogen-bond acceptors (Lipinski definition) is 3. The molecule has 0 unspecified atom stereocenters. The summed E-state index contributed by atoms with van der Waals surface area (Å²) in [6, 6.07) is 2.03. The molecule has 0 radical (unpaired) electrons. The maximum atomic E-state index is 11.5. The largest absolute Gasteiger partial charge is 0.294 e. The van der Waals surface area contributed by atoms with Crippen LogP contribution in [0.1, 0.15) is 19.3 Å². The summed E-state index contributed by atoms with van der Waals surface area (Å²) in [5.41, 5.74) is 1.40. The summed E-state index contributed by atoms with van der Waals surface area (Å²) < 4.78 is 0. The summed E-state index contributed by atoms with van der Waals surface area (Å²) in [6.07, 6.45) is 3.87. The lowest BCUT2D eigenvalue weighted by atomic mass is 9.87. The van der Waals surface area contributed by atoms with E-state index in [4.69, 9.17) is 17.5 Å². The van der Waals surface area contributed by atoms with Crippen LogP contribution in [0, 0.1) is 17.2 Å². The number of aliphatic imine (C=N–C) groups is 1. The van der Waals surface area contributed by atoms with E-state index in [0.29, 0.717) is 17.0 Å². The molecular weight excluding hydrogens is 196 g/mol. The maximum Gasteiger partial charge on any atom is 0.164 e. The lowest BCUT2D eigenvalue weighted by Crippen LogP contribution is -2.26. The standard InChI is InChI=1S/C10H8N2OS/c11-5-6-4-7-8(12-10(6)14)2-1-3-9(7)13/h4,6H,1-3H2/t6-/m1/s1. The number of Topliss-reactive ketones (excluding diaryl/α,β-unsaturated/α-hetero) is 1. The first-order valence-corrected chi connectivity index (χ1v) is 4.89. The highest BCUT2D eigenvalue weighted by Gasteiger charge is 2.27. The van der Waals surface area contributed by atoms with Crippen LogP contribution in [0.2, 0.25) is 0 Å². The monoisotopic (exact) mass is 204 g/mol. The molecule has 0 aromatic carbocycles. The number of rotatable bonds is 0. The first-order valence-electron chi connectivity index (χ1n) is 4.49. The van der Waals surface area contributed by atoms with Gasteiger partial charge in [0.05, 0.1) is 11.8 Å². The van der Waals surface area contributed by atoms with Crippen LogP contribution >= 0.6 is 12.2 Å². The van der Waals surface area contributed by atoms with Crippen molar-refractivity contribution in [3.05, 3.63) is 11.6 Å². The van der Waals surface area contributed by atoms with Gasteiger partial charge in [-0.1, -0.05) is 12.2 Å². The van der Waals surface area contributed by atoms with Crippen LogP contribution in [0.5, 0.6) is 0 Å². The Morgan fingerprint density at radius 2 is 2.36 bits per heavy atom. The molecule has 14 heavy (non-hydrogen) atoms. The molecule has 0 aromatic rings. The van der Waals surface area contributed by atoms with Gasteiger partial charge in [-0.2, -0.15) is 5.26 Å². The van der Waals surface area contributed by atoms with Crippen LogP contribution in [0.4, 0.5) is 0 Å². The molecule has 1 fully saturated rings. The van der Waals surface area contributed by atoms with Crippen molar-refractivity contribution < 1.29 is 4.79 Å². The molecular formula is C10H8N2OS. The van der Waals surface area contributed by atoms with Gasteiger partial charge in [-0.25, -0.2) is 4.99 Å². The Balaban J connectivity index is 2.41. The fraction of sp³-hybridized carbons (Fsp3) is 0.400. The van der Waals surface area contributed by atoms with Crippen molar-refractivity contribution in [2.45, 2.75) is 19.3 Å². The quantitative estimate of drug-likeness (QED) is 0.563. The van der Waals surface area contributed by atoms with E-state index in [9.17, 15) is 4.79 Å². The highest BCUT2D eigenvalue weighted by atomic mass is 32.1. The van der Waals surface area contributed by atoms with Crippen LogP contribution in [0.25, 0.3) is 0 Å². The second-order valence-corrected chi connectivity index (χ2v) is 3.78. The fourth-order valence-electron chi connectivity index (χ4n) is 1.68. The van der Waals surface area contributed by atoms with Crippen molar-refractivity contribution in [3.63, 3.8) is 0 Å². The molecule has 1 atom stereocenters. The number of nitriles is 1. The molecule has 2 rings (SSSR count). The SMILES string of the molecule is N#C[C@H]1C=C2C(=O)CCCC2=NC1=S. The van der Waals surface area contributed by atoms with Gasteiger partial charge in [-0.15, -0.1) is 0 Å². The highest BCUT2D eigenvalue weighted by molar-refractivity contribution is 7.80. The summed E-state index contributed by atoms with van der Waals surface area (Å²) in [5, 5.41) is 8.78. The summed E-state index contributed by atoms with van der Waals surface area (Å²) in [5.74, 6) is -0.399. The number of hydrogen-bond donors (Lipinski definition) is 0. The van der Waals surface area contributed by atoms with Gasteiger partial charge in [0.15, 0.2) is 5.78 Å². The molecule has 1 aliphatic heterocycles. The van der Waals surface area contributed by atoms with Crippen LogP contribution in [0.15, 0.2) is 16.6 Å². The van der Waals surface area contributed by atoms with Gasteiger partial charge in [-0.05, 0) is 18.9 Å². The smallest absolute Gasteiger partial charge is 0.164 e. The van der Waals surface area contributed by atoms with Gasteiger partial charge in [0, 0.05) is 12.0 Å². The van der Waals surface area contributed by atoms with E-state index < -0.39 is 5.92 Å². The Kier molecular flexibility index (Phi) is 2.26. The number of ketones is 1. The number of carbonyl (C=O) groups is 1. The molecule has 0 saturated heterocycles. The molecule has 3 nitrogen and oxygen atoms in total. The molecule has 0 spiro atoms. The van der Waals surface area contributed by atoms with E-state index >= 15 is 0 Å². The topological polar surface area (TPSA) is 53.2 Å². The van der Waals surface area contributed by atoms with E-state index in [-0.39, 0.29) is 5.78 Å². The van der Waals surface area contributed by atoms with Crippen molar-refractivity contribution in [3.8, 4) is 6.07 Å². The third-order valence-electron chi connectivity index (χ3n) is 2.41. The predicted octanol–water partition coefficient (Wildman–Crippen LogP) is 1.59. The van der Waals surface area contributed by atoms with Crippen molar-refractivity contribution in [1.29, 1.82) is 5.26 Å². The zero-order valence-electron chi connectivity index (χ0n) is 7.49. The second-order valence-electron chi connectivity index (χ2n) is 3.36. The van der Waals surface area contributed by atoms with E-state index in [1.165, 1.54) is 0 Å². The average Bonchev–Trinajstić information content (AvgIpc) is 2.17. The number of thiocarbonyl (C=S) groups is 1. The van der Waals surface area contributed by atoms with E-state index in [2.05, 4.69) is 4.99 Å². The molecule has 1 heterocycles. The highest BCUT2D eigenvalue weighted by Crippen LogP contribution is 2.24. The predicted molar refractivity (Wildman–Crippen MR) is 56.1 cm³/mol. The van der Waals surface area contributed by atoms with E-state index in [1.54, 1.807) is 6.08 Å². The first-order chi connectivity index (χ1) is 6.72. The zero-order chi connectivity index (χ0) is 10.1. The number of allylic oxidation sites excluding steroid dienone is 1. The summed E-state index contributed by atoms with van der Waals surface area (Å²) >= 11 is 4.97. The third-order valence-corrected chi connectivity index (χ3v) is 2.76.